The Morgan fingerprint density at radius 2 is 2.06 bits per heavy atom. The van der Waals surface area contributed by atoms with E-state index >= 15 is 0 Å². The first kappa shape index (κ1) is 13.8. The molecule has 18 heavy (non-hydrogen) atoms. The number of hydrogen-bond donors (Lipinski definition) is 1. The minimum absolute atomic E-state index is 0.000602. The number of hydrogen-bond acceptors (Lipinski definition) is 4. The van der Waals surface area contributed by atoms with Crippen LogP contribution in [0.4, 0.5) is 0 Å². The van der Waals surface area contributed by atoms with Crippen molar-refractivity contribution < 1.29 is 13.2 Å². The molecule has 0 aromatic rings. The lowest BCUT2D eigenvalue weighted by Gasteiger charge is -2.39. The molecule has 1 N–H and O–H groups in total. The molecule has 0 radical (unpaired) electrons. The molecule has 0 saturated carbocycles. The highest BCUT2D eigenvalue weighted by Gasteiger charge is 2.34. The first-order valence-electron chi connectivity index (χ1n) is 6.42. The Morgan fingerprint density at radius 3 is 2.67 bits per heavy atom. The second kappa shape index (κ2) is 5.14. The van der Waals surface area contributed by atoms with Crippen LogP contribution >= 0.6 is 0 Å². The van der Waals surface area contributed by atoms with Gasteiger partial charge in [0.2, 0.25) is 15.9 Å². The van der Waals surface area contributed by atoms with Gasteiger partial charge in [0.1, 0.15) is 0 Å². The molecule has 0 aromatic carbocycles. The fourth-order valence-corrected chi connectivity index (χ4v) is 3.99. The molecule has 0 spiro atoms. The number of rotatable bonds is 2. The molecule has 0 bridgehead atoms. The van der Waals surface area contributed by atoms with E-state index in [9.17, 15) is 13.2 Å². The van der Waals surface area contributed by atoms with Crippen molar-refractivity contribution in [2.75, 3.05) is 31.9 Å². The number of nitrogens with zero attached hydrogens (tertiary/aromatic N) is 2. The minimum atomic E-state index is -3.18. The molecule has 104 valence electrons. The lowest BCUT2D eigenvalue weighted by molar-refractivity contribution is -0.135. The van der Waals surface area contributed by atoms with Crippen molar-refractivity contribution in [1.29, 1.82) is 0 Å². The van der Waals surface area contributed by atoms with Gasteiger partial charge in [-0.3, -0.25) is 4.79 Å². The number of carbonyl (C=O) groups is 1. The maximum Gasteiger partial charge on any atom is 0.238 e. The number of amides is 1. The summed E-state index contributed by atoms with van der Waals surface area (Å²) in [5.74, 6) is 0.0923. The van der Waals surface area contributed by atoms with E-state index in [-0.39, 0.29) is 30.3 Å². The highest BCUT2D eigenvalue weighted by atomic mass is 32.2. The van der Waals surface area contributed by atoms with Crippen molar-refractivity contribution in [3.63, 3.8) is 0 Å². The van der Waals surface area contributed by atoms with Gasteiger partial charge < -0.3 is 10.2 Å². The molecule has 2 heterocycles. The van der Waals surface area contributed by atoms with E-state index in [1.54, 1.807) is 4.90 Å². The van der Waals surface area contributed by atoms with Crippen LogP contribution in [0.5, 0.6) is 0 Å². The van der Waals surface area contributed by atoms with Gasteiger partial charge in [0.05, 0.1) is 12.3 Å². The van der Waals surface area contributed by atoms with Gasteiger partial charge in [0, 0.05) is 31.7 Å². The molecule has 7 heteroatoms. The Bertz CT molecular complexity index is 423. The van der Waals surface area contributed by atoms with Crippen LogP contribution in [-0.4, -0.2) is 67.5 Å². The van der Waals surface area contributed by atoms with Crippen molar-refractivity contribution >= 4 is 15.9 Å². The van der Waals surface area contributed by atoms with Gasteiger partial charge in [-0.2, -0.15) is 4.31 Å². The highest BCUT2D eigenvalue weighted by Crippen LogP contribution is 2.15. The zero-order valence-corrected chi connectivity index (χ0v) is 11.7. The summed E-state index contributed by atoms with van der Waals surface area (Å²) in [4.78, 5) is 14.0. The van der Waals surface area contributed by atoms with Crippen molar-refractivity contribution in [3.05, 3.63) is 0 Å². The second-order valence-electron chi connectivity index (χ2n) is 5.07. The van der Waals surface area contributed by atoms with Crippen LogP contribution in [0, 0.1) is 0 Å². The fraction of sp³-hybridized carbons (Fsp3) is 0.909. The largest absolute Gasteiger partial charge is 0.336 e. The van der Waals surface area contributed by atoms with Gasteiger partial charge in [-0.1, -0.05) is 0 Å². The summed E-state index contributed by atoms with van der Waals surface area (Å²) in [5.41, 5.74) is 0. The Morgan fingerprint density at radius 1 is 1.33 bits per heavy atom. The van der Waals surface area contributed by atoms with E-state index in [1.807, 2.05) is 13.8 Å². The molecule has 0 aliphatic carbocycles. The molecular formula is C11H21N3O3S. The monoisotopic (exact) mass is 275 g/mol. The molecular weight excluding hydrogens is 254 g/mol. The molecule has 2 unspecified atom stereocenters. The van der Waals surface area contributed by atoms with Gasteiger partial charge in [-0.15, -0.1) is 0 Å². The predicted molar refractivity (Wildman–Crippen MR) is 68.6 cm³/mol. The van der Waals surface area contributed by atoms with Crippen LogP contribution in [0.15, 0.2) is 0 Å². The Hall–Kier alpha value is -0.660. The number of nitrogens with one attached hydrogen (secondary N) is 1. The topological polar surface area (TPSA) is 69.7 Å². The van der Waals surface area contributed by atoms with E-state index in [4.69, 9.17) is 0 Å². The summed E-state index contributed by atoms with van der Waals surface area (Å²) in [5, 5.41) is 3.30. The lowest BCUT2D eigenvalue weighted by atomic mass is 10.1. The fourth-order valence-electron chi connectivity index (χ4n) is 2.52. The average Bonchev–Trinajstić information content (AvgIpc) is 2.62. The first-order valence-corrected chi connectivity index (χ1v) is 8.03. The van der Waals surface area contributed by atoms with Crippen LogP contribution in [-0.2, 0) is 14.8 Å². The smallest absolute Gasteiger partial charge is 0.238 e. The van der Waals surface area contributed by atoms with E-state index < -0.39 is 10.0 Å². The van der Waals surface area contributed by atoms with Crippen molar-refractivity contribution in [3.8, 4) is 0 Å². The molecule has 2 atom stereocenters. The predicted octanol–water partition coefficient (Wildman–Crippen LogP) is -0.769. The van der Waals surface area contributed by atoms with Crippen LogP contribution in [0.3, 0.4) is 0 Å². The minimum Gasteiger partial charge on any atom is -0.336 e. The molecule has 2 saturated heterocycles. The van der Waals surface area contributed by atoms with E-state index in [1.165, 1.54) is 4.31 Å². The van der Waals surface area contributed by atoms with Crippen LogP contribution in [0.1, 0.15) is 20.3 Å². The third-order valence-corrected chi connectivity index (χ3v) is 5.77. The van der Waals surface area contributed by atoms with Crippen molar-refractivity contribution in [2.24, 2.45) is 0 Å². The number of piperazine rings is 1. The quantitative estimate of drug-likeness (QED) is 0.718. The van der Waals surface area contributed by atoms with Crippen molar-refractivity contribution in [2.45, 2.75) is 32.4 Å². The highest BCUT2D eigenvalue weighted by molar-refractivity contribution is 7.89. The molecule has 2 fully saturated rings. The Balaban J connectivity index is 1.99. The molecule has 2 rings (SSSR count). The maximum atomic E-state index is 12.2. The summed E-state index contributed by atoms with van der Waals surface area (Å²) in [7, 11) is -3.18. The van der Waals surface area contributed by atoms with E-state index in [0.717, 1.165) is 6.54 Å². The van der Waals surface area contributed by atoms with Crippen LogP contribution in [0.25, 0.3) is 0 Å². The van der Waals surface area contributed by atoms with Gasteiger partial charge >= 0.3 is 0 Å². The third-order valence-electron chi connectivity index (χ3n) is 3.87. The van der Waals surface area contributed by atoms with Crippen molar-refractivity contribution in [1.82, 2.24) is 14.5 Å². The summed E-state index contributed by atoms with van der Waals surface area (Å²) in [6.45, 7) is 5.93. The lowest BCUT2D eigenvalue weighted by Crippen LogP contribution is -2.58. The van der Waals surface area contributed by atoms with Crippen LogP contribution in [0.2, 0.25) is 0 Å². The van der Waals surface area contributed by atoms with Gasteiger partial charge in [-0.05, 0) is 20.3 Å². The van der Waals surface area contributed by atoms with Gasteiger partial charge in [-0.25, -0.2) is 8.42 Å². The molecule has 0 aromatic heterocycles. The average molecular weight is 275 g/mol. The van der Waals surface area contributed by atoms with Crippen LogP contribution < -0.4 is 5.32 Å². The standard InChI is InChI=1S/C11H21N3O3S/c1-9-10(2)14(6-4-12-9)11(15)8-13-5-3-7-18(13,16)17/h9-10,12H,3-8H2,1-2H3. The SMILES string of the molecule is CC1NCCN(C(=O)CN2CCCS2(=O)=O)C1C. The molecule has 1 amide bonds. The van der Waals surface area contributed by atoms with E-state index in [2.05, 4.69) is 5.32 Å². The molecule has 6 nitrogen and oxygen atoms in total. The maximum absolute atomic E-state index is 12.2. The zero-order chi connectivity index (χ0) is 13.3. The second-order valence-corrected chi connectivity index (χ2v) is 7.16. The summed E-state index contributed by atoms with van der Waals surface area (Å²) >= 11 is 0. The third kappa shape index (κ3) is 2.67. The molecule has 2 aliphatic rings. The van der Waals surface area contributed by atoms with Gasteiger partial charge in [0.25, 0.3) is 0 Å². The summed E-state index contributed by atoms with van der Waals surface area (Å²) in [6, 6.07) is 0.356. The summed E-state index contributed by atoms with van der Waals surface area (Å²) in [6.07, 6.45) is 0.628. The number of carbonyl (C=O) groups excluding carboxylic acids is 1. The first-order chi connectivity index (χ1) is 8.42. The van der Waals surface area contributed by atoms with E-state index in [0.29, 0.717) is 19.5 Å². The summed E-state index contributed by atoms with van der Waals surface area (Å²) < 4.78 is 24.7. The zero-order valence-electron chi connectivity index (χ0n) is 10.9. The Labute approximate surface area is 108 Å². The van der Waals surface area contributed by atoms with Gasteiger partial charge in [0.15, 0.2) is 0 Å². The Kier molecular flexibility index (Phi) is 3.93. The molecule has 2 aliphatic heterocycles. The number of sulfonamides is 1. The normalized spacial score (nSPS) is 32.7.